The summed E-state index contributed by atoms with van der Waals surface area (Å²) in [5, 5.41) is 7.43. The number of hydrogen-bond acceptors (Lipinski definition) is 6. The molecule has 5 rings (SSSR count). The smallest absolute Gasteiger partial charge is 0.247 e. The fourth-order valence-electron chi connectivity index (χ4n) is 4.72. The van der Waals surface area contributed by atoms with Crippen molar-refractivity contribution in [3.8, 4) is 0 Å². The summed E-state index contributed by atoms with van der Waals surface area (Å²) in [5.74, 6) is 1.63. The number of anilines is 2. The molecule has 0 bridgehead atoms. The maximum absolute atomic E-state index is 13.5. The lowest BCUT2D eigenvalue weighted by Gasteiger charge is -2.25. The Kier molecular flexibility index (Phi) is 7.11. The van der Waals surface area contributed by atoms with Gasteiger partial charge in [-0.15, -0.1) is 0 Å². The Morgan fingerprint density at radius 1 is 1.11 bits per heavy atom. The van der Waals surface area contributed by atoms with Crippen LogP contribution in [0.25, 0.3) is 11.0 Å². The van der Waals surface area contributed by atoms with Crippen molar-refractivity contribution in [2.75, 3.05) is 36.8 Å². The van der Waals surface area contributed by atoms with E-state index >= 15 is 0 Å². The normalized spacial score (nSPS) is 19.0. The third-order valence-electron chi connectivity index (χ3n) is 6.53. The molecule has 36 heavy (non-hydrogen) atoms. The van der Waals surface area contributed by atoms with Gasteiger partial charge in [-0.2, -0.15) is 0 Å². The number of nitrogens with zero attached hydrogens (tertiary/aromatic N) is 5. The molecule has 2 saturated heterocycles. The molecule has 0 unspecified atom stereocenters. The summed E-state index contributed by atoms with van der Waals surface area (Å²) in [4.78, 5) is 42.9. The predicted molar refractivity (Wildman–Crippen MR) is 138 cm³/mol. The van der Waals surface area contributed by atoms with E-state index in [0.29, 0.717) is 24.7 Å². The van der Waals surface area contributed by atoms with E-state index in [1.165, 1.54) is 0 Å². The highest BCUT2D eigenvalue weighted by Crippen LogP contribution is 2.23. The van der Waals surface area contributed by atoms with Crippen LogP contribution in [0.2, 0.25) is 0 Å². The van der Waals surface area contributed by atoms with Gasteiger partial charge in [-0.1, -0.05) is 0 Å². The molecule has 1 atom stereocenters. The number of furan rings is 1. The first kappa shape index (κ1) is 23.8. The van der Waals surface area contributed by atoms with E-state index in [0.717, 1.165) is 61.2 Å². The van der Waals surface area contributed by atoms with E-state index in [9.17, 15) is 9.59 Å². The molecule has 10 heteroatoms. The van der Waals surface area contributed by atoms with Gasteiger partial charge >= 0.3 is 0 Å². The van der Waals surface area contributed by atoms with Gasteiger partial charge in [0.25, 0.3) is 0 Å². The number of aryl methyl sites for hydroxylation is 1. The van der Waals surface area contributed by atoms with Crippen molar-refractivity contribution in [1.29, 1.82) is 0 Å². The molecule has 2 N–H and O–H groups in total. The number of nitrogens with one attached hydrogen (secondary N) is 2. The molecule has 0 aliphatic carbocycles. The highest BCUT2D eigenvalue weighted by molar-refractivity contribution is 6.05. The third kappa shape index (κ3) is 5.64. The SMILES string of the molecule is Cc1cc2cc(NC(=N[C@H]3CCCCN(CC(=O)N4CCCC4)C3=O)Nc3cnccn3)ccc2o1. The number of fused-ring (bicyclic) bond motifs is 1. The zero-order chi connectivity index (χ0) is 24.9. The van der Waals surface area contributed by atoms with Crippen LogP contribution in [0.3, 0.4) is 0 Å². The van der Waals surface area contributed by atoms with Crippen molar-refractivity contribution in [3.63, 3.8) is 0 Å². The van der Waals surface area contributed by atoms with E-state index in [4.69, 9.17) is 9.41 Å². The Morgan fingerprint density at radius 2 is 1.94 bits per heavy atom. The number of carbonyl (C=O) groups is 2. The van der Waals surface area contributed by atoms with Gasteiger partial charge in [-0.3, -0.25) is 14.6 Å². The fraction of sp³-hybridized carbons (Fsp3) is 0.423. The standard InChI is InChI=1S/C26H31N7O3/c1-18-14-19-15-20(7-8-22(19)36-18)29-26(31-23-16-27-9-10-28-23)30-21-6-2-3-13-33(25(21)35)17-24(34)32-11-4-5-12-32/h7-10,14-16,21H,2-6,11-13,17H2,1H3,(H2,28,29,30,31)/t21-/m0/s1. The second-order valence-electron chi connectivity index (χ2n) is 9.29. The summed E-state index contributed by atoms with van der Waals surface area (Å²) in [5.41, 5.74) is 1.59. The number of aliphatic imine (C=N–C) groups is 1. The van der Waals surface area contributed by atoms with Crippen LogP contribution >= 0.6 is 0 Å². The van der Waals surface area contributed by atoms with Crippen molar-refractivity contribution < 1.29 is 14.0 Å². The van der Waals surface area contributed by atoms with Crippen molar-refractivity contribution >= 4 is 40.2 Å². The Hall–Kier alpha value is -3.95. The van der Waals surface area contributed by atoms with Gasteiger partial charge in [0, 0.05) is 43.1 Å². The summed E-state index contributed by atoms with van der Waals surface area (Å²) >= 11 is 0. The van der Waals surface area contributed by atoms with Gasteiger partial charge in [-0.05, 0) is 63.3 Å². The summed E-state index contributed by atoms with van der Waals surface area (Å²) in [6.45, 7) is 4.15. The average molecular weight is 490 g/mol. The molecule has 2 amide bonds. The molecule has 0 spiro atoms. The number of amides is 2. The molecular weight excluding hydrogens is 458 g/mol. The molecule has 1 aromatic carbocycles. The molecule has 2 aromatic heterocycles. The molecule has 4 heterocycles. The predicted octanol–water partition coefficient (Wildman–Crippen LogP) is 3.41. The van der Waals surface area contributed by atoms with Crippen LogP contribution in [0.5, 0.6) is 0 Å². The molecule has 10 nitrogen and oxygen atoms in total. The first-order valence-corrected chi connectivity index (χ1v) is 12.5. The van der Waals surface area contributed by atoms with Crippen LogP contribution in [0.4, 0.5) is 11.5 Å². The van der Waals surface area contributed by atoms with Crippen LogP contribution in [0.1, 0.15) is 37.9 Å². The number of benzene rings is 1. The maximum atomic E-state index is 13.5. The number of guanidine groups is 1. The monoisotopic (exact) mass is 489 g/mol. The van der Waals surface area contributed by atoms with Crippen LogP contribution in [-0.2, 0) is 9.59 Å². The fourth-order valence-corrected chi connectivity index (χ4v) is 4.72. The van der Waals surface area contributed by atoms with Gasteiger partial charge in [0.15, 0.2) is 5.82 Å². The second-order valence-corrected chi connectivity index (χ2v) is 9.29. The minimum absolute atomic E-state index is 0.0187. The number of hydrogen-bond donors (Lipinski definition) is 2. The zero-order valence-electron chi connectivity index (χ0n) is 20.4. The molecule has 2 aliphatic heterocycles. The number of carbonyl (C=O) groups excluding carboxylic acids is 2. The summed E-state index contributed by atoms with van der Waals surface area (Å²) in [7, 11) is 0. The first-order valence-electron chi connectivity index (χ1n) is 12.5. The summed E-state index contributed by atoms with van der Waals surface area (Å²) in [6.07, 6.45) is 9.14. The van der Waals surface area contributed by atoms with Crippen molar-refractivity contribution in [1.82, 2.24) is 19.8 Å². The summed E-state index contributed by atoms with van der Waals surface area (Å²) < 4.78 is 5.68. The minimum atomic E-state index is -0.606. The largest absolute Gasteiger partial charge is 0.461 e. The zero-order valence-corrected chi connectivity index (χ0v) is 20.4. The Labute approximate surface area is 209 Å². The quantitative estimate of drug-likeness (QED) is 0.417. The third-order valence-corrected chi connectivity index (χ3v) is 6.53. The first-order chi connectivity index (χ1) is 17.5. The molecule has 0 saturated carbocycles. The van der Waals surface area contributed by atoms with Gasteiger partial charge in [0.1, 0.15) is 17.4 Å². The lowest BCUT2D eigenvalue weighted by atomic mass is 10.1. The molecule has 2 fully saturated rings. The highest BCUT2D eigenvalue weighted by Gasteiger charge is 2.30. The van der Waals surface area contributed by atoms with Gasteiger partial charge < -0.3 is 24.9 Å². The van der Waals surface area contributed by atoms with Crippen molar-refractivity contribution in [3.05, 3.63) is 48.6 Å². The lowest BCUT2D eigenvalue weighted by Crippen LogP contribution is -2.45. The van der Waals surface area contributed by atoms with E-state index < -0.39 is 6.04 Å². The van der Waals surface area contributed by atoms with E-state index in [-0.39, 0.29) is 18.4 Å². The molecular formula is C26H31N7O3. The Morgan fingerprint density at radius 3 is 2.75 bits per heavy atom. The lowest BCUT2D eigenvalue weighted by molar-refractivity contribution is -0.140. The van der Waals surface area contributed by atoms with E-state index in [2.05, 4.69) is 20.6 Å². The number of likely N-dealkylation sites (tertiary alicyclic amines) is 2. The van der Waals surface area contributed by atoms with Crippen LogP contribution < -0.4 is 10.6 Å². The van der Waals surface area contributed by atoms with Crippen LogP contribution in [-0.4, -0.2) is 69.8 Å². The number of rotatable bonds is 5. The summed E-state index contributed by atoms with van der Waals surface area (Å²) in [6, 6.07) is 7.13. The molecule has 0 radical (unpaired) electrons. The molecule has 2 aliphatic rings. The Bertz CT molecular complexity index is 1250. The maximum Gasteiger partial charge on any atom is 0.247 e. The highest BCUT2D eigenvalue weighted by atomic mass is 16.3. The topological polar surface area (TPSA) is 116 Å². The number of aromatic nitrogens is 2. The minimum Gasteiger partial charge on any atom is -0.461 e. The van der Waals surface area contributed by atoms with Crippen LogP contribution in [0.15, 0.2) is 52.3 Å². The molecule has 3 aromatic rings. The average Bonchev–Trinajstić information content (AvgIpc) is 3.50. The van der Waals surface area contributed by atoms with E-state index in [1.54, 1.807) is 23.5 Å². The van der Waals surface area contributed by atoms with Gasteiger partial charge in [0.05, 0.1) is 12.7 Å². The van der Waals surface area contributed by atoms with Crippen molar-refractivity contribution in [2.45, 2.75) is 45.1 Å². The second kappa shape index (κ2) is 10.8. The molecule has 188 valence electrons. The Balaban J connectivity index is 1.38. The van der Waals surface area contributed by atoms with Gasteiger partial charge in [0.2, 0.25) is 17.8 Å². The van der Waals surface area contributed by atoms with Gasteiger partial charge in [-0.25, -0.2) is 9.98 Å². The van der Waals surface area contributed by atoms with Crippen molar-refractivity contribution in [2.24, 2.45) is 4.99 Å². The van der Waals surface area contributed by atoms with E-state index in [1.807, 2.05) is 36.1 Å². The van der Waals surface area contributed by atoms with Crippen LogP contribution in [0, 0.1) is 6.92 Å².